The number of nitrogens with zero attached hydrogens (tertiary/aromatic N) is 5. The van der Waals surface area contributed by atoms with Crippen molar-refractivity contribution in [2.24, 2.45) is 0 Å². The normalized spacial score (nSPS) is 18.2. The van der Waals surface area contributed by atoms with Gasteiger partial charge < -0.3 is 24.8 Å². The van der Waals surface area contributed by atoms with E-state index in [4.69, 9.17) is 4.74 Å². The lowest BCUT2D eigenvalue weighted by molar-refractivity contribution is 0.102. The van der Waals surface area contributed by atoms with Gasteiger partial charge in [0.2, 0.25) is 5.95 Å². The van der Waals surface area contributed by atoms with Gasteiger partial charge in [-0.3, -0.25) is 4.79 Å². The molecule has 0 unspecified atom stereocenters. The quantitative estimate of drug-likeness (QED) is 0.855. The van der Waals surface area contributed by atoms with Crippen molar-refractivity contribution in [3.8, 4) is 0 Å². The third-order valence-corrected chi connectivity index (χ3v) is 5.16. The van der Waals surface area contributed by atoms with Gasteiger partial charge in [0.1, 0.15) is 5.69 Å². The van der Waals surface area contributed by atoms with E-state index >= 15 is 0 Å². The summed E-state index contributed by atoms with van der Waals surface area (Å²) >= 11 is 0. The molecule has 28 heavy (non-hydrogen) atoms. The molecule has 2 aliphatic heterocycles. The van der Waals surface area contributed by atoms with Gasteiger partial charge in [0.05, 0.1) is 13.2 Å². The fourth-order valence-corrected chi connectivity index (χ4v) is 3.41. The van der Waals surface area contributed by atoms with Crippen LogP contribution in [-0.2, 0) is 4.74 Å². The molecule has 2 aliphatic rings. The van der Waals surface area contributed by atoms with Crippen molar-refractivity contribution in [1.82, 2.24) is 14.9 Å². The van der Waals surface area contributed by atoms with Crippen LogP contribution < -0.4 is 15.1 Å². The SMILES string of the molecule is CN1CCN(c2ccc(NC(=O)c3ccnc(N4CCOCC4)n3)cc2)CC1. The highest BCUT2D eigenvalue weighted by Gasteiger charge is 2.17. The Hall–Kier alpha value is -2.71. The molecule has 1 N–H and O–H groups in total. The molecule has 2 fully saturated rings. The second kappa shape index (κ2) is 8.53. The summed E-state index contributed by atoms with van der Waals surface area (Å²) in [6.45, 7) is 6.95. The summed E-state index contributed by atoms with van der Waals surface area (Å²) in [7, 11) is 2.15. The number of hydrogen-bond acceptors (Lipinski definition) is 7. The molecule has 0 saturated carbocycles. The summed E-state index contributed by atoms with van der Waals surface area (Å²) < 4.78 is 5.35. The predicted molar refractivity (Wildman–Crippen MR) is 109 cm³/mol. The van der Waals surface area contributed by atoms with Gasteiger partial charge in [-0.2, -0.15) is 0 Å². The van der Waals surface area contributed by atoms with Gasteiger partial charge >= 0.3 is 0 Å². The topological polar surface area (TPSA) is 73.8 Å². The van der Waals surface area contributed by atoms with Crippen LogP contribution in [0.15, 0.2) is 36.5 Å². The number of hydrogen-bond donors (Lipinski definition) is 1. The number of morpholine rings is 1. The molecule has 0 radical (unpaired) electrons. The largest absolute Gasteiger partial charge is 0.378 e. The van der Waals surface area contributed by atoms with Crippen molar-refractivity contribution in [1.29, 1.82) is 0 Å². The van der Waals surface area contributed by atoms with Crippen LogP contribution >= 0.6 is 0 Å². The minimum atomic E-state index is -0.232. The first kappa shape index (κ1) is 18.6. The molecule has 1 amide bonds. The molecule has 0 bridgehead atoms. The van der Waals surface area contributed by atoms with E-state index in [-0.39, 0.29) is 5.91 Å². The molecule has 2 aromatic rings. The Labute approximate surface area is 165 Å². The number of ether oxygens (including phenoxy) is 1. The number of anilines is 3. The van der Waals surface area contributed by atoms with Crippen LogP contribution in [0.1, 0.15) is 10.5 Å². The lowest BCUT2D eigenvalue weighted by Gasteiger charge is -2.34. The summed E-state index contributed by atoms with van der Waals surface area (Å²) in [6, 6.07) is 9.63. The maximum Gasteiger partial charge on any atom is 0.274 e. The number of carbonyl (C=O) groups excluding carboxylic acids is 1. The van der Waals surface area contributed by atoms with Gasteiger partial charge in [0.25, 0.3) is 5.91 Å². The summed E-state index contributed by atoms with van der Waals surface area (Å²) in [4.78, 5) is 28.1. The van der Waals surface area contributed by atoms with E-state index in [1.165, 1.54) is 5.69 Å². The number of likely N-dealkylation sites (N-methyl/N-ethyl adjacent to an activating group) is 1. The van der Waals surface area contributed by atoms with E-state index in [0.29, 0.717) is 24.9 Å². The lowest BCUT2D eigenvalue weighted by atomic mass is 10.2. The van der Waals surface area contributed by atoms with Gasteiger partial charge in [0, 0.05) is 56.8 Å². The van der Waals surface area contributed by atoms with Crippen LogP contribution in [-0.4, -0.2) is 80.3 Å². The molecular weight excluding hydrogens is 356 g/mol. The van der Waals surface area contributed by atoms with Crippen molar-refractivity contribution in [3.63, 3.8) is 0 Å². The summed E-state index contributed by atoms with van der Waals surface area (Å²) in [5, 5.41) is 2.93. The minimum absolute atomic E-state index is 0.232. The monoisotopic (exact) mass is 382 g/mol. The molecular formula is C20H26N6O2. The molecule has 148 valence electrons. The number of amides is 1. The van der Waals surface area contributed by atoms with Gasteiger partial charge in [-0.1, -0.05) is 0 Å². The summed E-state index contributed by atoms with van der Waals surface area (Å²) in [5.41, 5.74) is 2.30. The van der Waals surface area contributed by atoms with E-state index in [2.05, 4.69) is 44.3 Å². The highest BCUT2D eigenvalue weighted by atomic mass is 16.5. The molecule has 2 saturated heterocycles. The third kappa shape index (κ3) is 4.40. The van der Waals surface area contributed by atoms with E-state index in [1.54, 1.807) is 12.3 Å². The Kier molecular flexibility index (Phi) is 5.68. The van der Waals surface area contributed by atoms with Crippen molar-refractivity contribution in [2.75, 3.05) is 74.6 Å². The van der Waals surface area contributed by atoms with Crippen molar-refractivity contribution >= 4 is 23.2 Å². The molecule has 3 heterocycles. The zero-order valence-electron chi connectivity index (χ0n) is 16.2. The number of aromatic nitrogens is 2. The zero-order chi connectivity index (χ0) is 19.3. The Balaban J connectivity index is 1.39. The van der Waals surface area contributed by atoms with E-state index in [0.717, 1.165) is 45.0 Å². The second-order valence-corrected chi connectivity index (χ2v) is 7.13. The smallest absolute Gasteiger partial charge is 0.274 e. The average molecular weight is 382 g/mol. The molecule has 8 nitrogen and oxygen atoms in total. The number of nitrogens with one attached hydrogen (secondary N) is 1. The van der Waals surface area contributed by atoms with Gasteiger partial charge in [-0.05, 0) is 37.4 Å². The minimum Gasteiger partial charge on any atom is -0.378 e. The average Bonchev–Trinajstić information content (AvgIpc) is 2.76. The Bertz CT molecular complexity index is 799. The zero-order valence-corrected chi connectivity index (χ0v) is 16.2. The Morgan fingerprint density at radius 2 is 1.68 bits per heavy atom. The van der Waals surface area contributed by atoms with Crippen LogP contribution in [0.4, 0.5) is 17.3 Å². The highest BCUT2D eigenvalue weighted by molar-refractivity contribution is 6.03. The first-order chi connectivity index (χ1) is 13.7. The molecule has 1 aromatic heterocycles. The van der Waals surface area contributed by atoms with Crippen LogP contribution in [0.25, 0.3) is 0 Å². The maximum absolute atomic E-state index is 12.6. The third-order valence-electron chi connectivity index (χ3n) is 5.16. The number of benzene rings is 1. The van der Waals surface area contributed by atoms with Crippen molar-refractivity contribution in [2.45, 2.75) is 0 Å². The van der Waals surface area contributed by atoms with Crippen molar-refractivity contribution in [3.05, 3.63) is 42.2 Å². The number of piperazine rings is 1. The first-order valence-electron chi connectivity index (χ1n) is 9.70. The van der Waals surface area contributed by atoms with Crippen molar-refractivity contribution < 1.29 is 9.53 Å². The van der Waals surface area contributed by atoms with Crippen LogP contribution in [0.2, 0.25) is 0 Å². The number of carbonyl (C=O) groups is 1. The molecule has 8 heteroatoms. The van der Waals surface area contributed by atoms with Gasteiger partial charge in [0.15, 0.2) is 0 Å². The van der Waals surface area contributed by atoms with E-state index in [9.17, 15) is 4.79 Å². The van der Waals surface area contributed by atoms with Crippen LogP contribution in [0.3, 0.4) is 0 Å². The molecule has 1 aromatic carbocycles. The fraction of sp³-hybridized carbons (Fsp3) is 0.450. The second-order valence-electron chi connectivity index (χ2n) is 7.13. The first-order valence-corrected chi connectivity index (χ1v) is 9.70. The van der Waals surface area contributed by atoms with E-state index < -0.39 is 0 Å². The summed E-state index contributed by atoms with van der Waals surface area (Å²) in [6.07, 6.45) is 1.63. The number of rotatable bonds is 4. The van der Waals surface area contributed by atoms with Gasteiger partial charge in [-0.15, -0.1) is 0 Å². The molecule has 0 aliphatic carbocycles. The van der Waals surface area contributed by atoms with E-state index in [1.807, 2.05) is 17.0 Å². The predicted octanol–water partition coefficient (Wildman–Crippen LogP) is 1.32. The molecule has 0 atom stereocenters. The van der Waals surface area contributed by atoms with Gasteiger partial charge in [-0.25, -0.2) is 9.97 Å². The maximum atomic E-state index is 12.6. The fourth-order valence-electron chi connectivity index (χ4n) is 3.41. The Morgan fingerprint density at radius 3 is 2.39 bits per heavy atom. The molecule has 4 rings (SSSR count). The highest BCUT2D eigenvalue weighted by Crippen LogP contribution is 2.20. The van der Waals surface area contributed by atoms with Crippen LogP contribution in [0.5, 0.6) is 0 Å². The van der Waals surface area contributed by atoms with Crippen LogP contribution in [0, 0.1) is 0 Å². The lowest BCUT2D eigenvalue weighted by Crippen LogP contribution is -2.44. The standard InChI is InChI=1S/C20H26N6O2/c1-24-8-10-25(11-9-24)17-4-2-16(3-5-17)22-19(27)18-6-7-21-20(23-18)26-12-14-28-15-13-26/h2-7H,8-15H2,1H3,(H,22,27). The Morgan fingerprint density at radius 1 is 0.964 bits per heavy atom. The molecule has 0 spiro atoms. The summed E-state index contributed by atoms with van der Waals surface area (Å²) in [5.74, 6) is 0.339.